The molecule has 4 heteroatoms. The molecule has 0 aliphatic carbocycles. The minimum absolute atomic E-state index is 0.0392. The zero-order valence-electron chi connectivity index (χ0n) is 8.65. The van der Waals surface area contributed by atoms with Gasteiger partial charge >= 0.3 is 0 Å². The van der Waals surface area contributed by atoms with Crippen molar-refractivity contribution in [3.05, 3.63) is 35.9 Å². The molecule has 82 valence electrons. The Kier molecular flexibility index (Phi) is 4.80. The van der Waals surface area contributed by atoms with E-state index in [9.17, 15) is 4.79 Å². The fraction of sp³-hybridized carbons (Fsp3) is 0.364. The molecule has 1 atom stereocenters. The van der Waals surface area contributed by atoms with E-state index in [0.29, 0.717) is 13.1 Å². The summed E-state index contributed by atoms with van der Waals surface area (Å²) in [7, 11) is 0. The van der Waals surface area contributed by atoms with Crippen LogP contribution in [0.3, 0.4) is 0 Å². The van der Waals surface area contributed by atoms with Gasteiger partial charge in [0.25, 0.3) is 0 Å². The van der Waals surface area contributed by atoms with E-state index in [1.807, 2.05) is 30.3 Å². The minimum atomic E-state index is -0.328. The van der Waals surface area contributed by atoms with E-state index in [2.05, 4.69) is 5.32 Å². The van der Waals surface area contributed by atoms with E-state index >= 15 is 0 Å². The molecular weight excluding hydrogens is 190 g/mol. The summed E-state index contributed by atoms with van der Waals surface area (Å²) in [6.07, 6.45) is 0.281. The third-order valence-corrected chi connectivity index (χ3v) is 2.17. The standard InChI is InChI=1S/C11H17N3O/c12-7-10(6-11(13)15)14-8-9-4-2-1-3-5-9/h1-5,10,14H,6-8,12H2,(H2,13,15). The number of amides is 1. The quantitative estimate of drug-likeness (QED) is 0.613. The molecule has 0 aromatic heterocycles. The Balaban J connectivity index is 2.37. The maximum atomic E-state index is 10.7. The van der Waals surface area contributed by atoms with Gasteiger partial charge in [-0.25, -0.2) is 0 Å². The first kappa shape index (κ1) is 11.7. The predicted molar refractivity (Wildman–Crippen MR) is 59.9 cm³/mol. The molecule has 0 radical (unpaired) electrons. The molecule has 1 rings (SSSR count). The molecule has 1 unspecified atom stereocenters. The molecule has 1 aromatic carbocycles. The third-order valence-electron chi connectivity index (χ3n) is 2.17. The van der Waals surface area contributed by atoms with Crippen molar-refractivity contribution < 1.29 is 4.79 Å². The van der Waals surface area contributed by atoms with Gasteiger partial charge in [0.15, 0.2) is 0 Å². The van der Waals surface area contributed by atoms with E-state index in [4.69, 9.17) is 11.5 Å². The van der Waals surface area contributed by atoms with Crippen molar-refractivity contribution in [2.24, 2.45) is 11.5 Å². The second-order valence-electron chi connectivity index (χ2n) is 3.47. The Morgan fingerprint density at radius 3 is 2.53 bits per heavy atom. The van der Waals surface area contributed by atoms with E-state index in [1.165, 1.54) is 5.56 Å². The second kappa shape index (κ2) is 6.16. The number of carbonyl (C=O) groups is 1. The first-order valence-electron chi connectivity index (χ1n) is 4.98. The number of benzene rings is 1. The Labute approximate surface area is 89.6 Å². The molecule has 15 heavy (non-hydrogen) atoms. The van der Waals surface area contributed by atoms with E-state index < -0.39 is 0 Å². The zero-order chi connectivity index (χ0) is 11.1. The molecule has 0 spiro atoms. The largest absolute Gasteiger partial charge is 0.370 e. The number of rotatable bonds is 6. The summed E-state index contributed by atoms with van der Waals surface area (Å²) in [6.45, 7) is 1.12. The molecule has 0 aliphatic heterocycles. The molecule has 0 aliphatic rings. The van der Waals surface area contributed by atoms with Crippen LogP contribution in [0.5, 0.6) is 0 Å². The highest BCUT2D eigenvalue weighted by atomic mass is 16.1. The summed E-state index contributed by atoms with van der Waals surface area (Å²) in [5.74, 6) is -0.328. The van der Waals surface area contributed by atoms with Gasteiger partial charge in [0.1, 0.15) is 0 Å². The first-order chi connectivity index (χ1) is 7.22. The van der Waals surface area contributed by atoms with Crippen LogP contribution in [0.4, 0.5) is 0 Å². The molecule has 1 aromatic rings. The Morgan fingerprint density at radius 2 is 2.00 bits per heavy atom. The SMILES string of the molecule is NCC(CC(N)=O)NCc1ccccc1. The summed E-state index contributed by atoms with van der Waals surface area (Å²) in [4.78, 5) is 10.7. The summed E-state index contributed by atoms with van der Waals surface area (Å²) >= 11 is 0. The number of carbonyl (C=O) groups excluding carboxylic acids is 1. The molecule has 4 nitrogen and oxygen atoms in total. The summed E-state index contributed by atoms with van der Waals surface area (Å²) in [6, 6.07) is 9.91. The van der Waals surface area contributed by atoms with Gasteiger partial charge in [-0.2, -0.15) is 0 Å². The smallest absolute Gasteiger partial charge is 0.219 e. The van der Waals surface area contributed by atoms with Crippen molar-refractivity contribution >= 4 is 5.91 Å². The van der Waals surface area contributed by atoms with Gasteiger partial charge in [0, 0.05) is 25.6 Å². The number of hydrogen-bond donors (Lipinski definition) is 3. The fourth-order valence-corrected chi connectivity index (χ4v) is 1.34. The Morgan fingerprint density at radius 1 is 1.33 bits per heavy atom. The molecule has 0 fully saturated rings. The normalized spacial score (nSPS) is 12.3. The first-order valence-corrected chi connectivity index (χ1v) is 4.98. The topological polar surface area (TPSA) is 81.1 Å². The molecule has 0 saturated carbocycles. The average molecular weight is 207 g/mol. The molecule has 5 N–H and O–H groups in total. The summed E-state index contributed by atoms with van der Waals surface area (Å²) < 4.78 is 0. The number of nitrogens with two attached hydrogens (primary N) is 2. The van der Waals surface area contributed by atoms with Crippen LogP contribution < -0.4 is 16.8 Å². The van der Waals surface area contributed by atoms with Crippen LogP contribution >= 0.6 is 0 Å². The maximum Gasteiger partial charge on any atom is 0.219 e. The number of nitrogens with one attached hydrogen (secondary N) is 1. The van der Waals surface area contributed by atoms with Crippen LogP contribution in [0.2, 0.25) is 0 Å². The molecule has 1 amide bonds. The van der Waals surface area contributed by atoms with Crippen LogP contribution in [0.15, 0.2) is 30.3 Å². The van der Waals surface area contributed by atoms with E-state index in [0.717, 1.165) is 0 Å². The van der Waals surface area contributed by atoms with Crippen molar-refractivity contribution in [3.63, 3.8) is 0 Å². The Hall–Kier alpha value is -1.39. The van der Waals surface area contributed by atoms with Crippen molar-refractivity contribution in [1.29, 1.82) is 0 Å². The van der Waals surface area contributed by atoms with Crippen LogP contribution in [0, 0.1) is 0 Å². The minimum Gasteiger partial charge on any atom is -0.370 e. The van der Waals surface area contributed by atoms with E-state index in [1.54, 1.807) is 0 Å². The van der Waals surface area contributed by atoms with Gasteiger partial charge < -0.3 is 16.8 Å². The lowest BCUT2D eigenvalue weighted by molar-refractivity contribution is -0.118. The second-order valence-corrected chi connectivity index (χ2v) is 3.47. The highest BCUT2D eigenvalue weighted by Gasteiger charge is 2.08. The summed E-state index contributed by atoms with van der Waals surface area (Å²) in [5, 5.41) is 3.19. The van der Waals surface area contributed by atoms with Gasteiger partial charge in [0.2, 0.25) is 5.91 Å². The molecule has 0 bridgehead atoms. The predicted octanol–water partition coefficient (Wildman–Crippen LogP) is -0.0211. The van der Waals surface area contributed by atoms with Gasteiger partial charge in [0.05, 0.1) is 0 Å². The monoisotopic (exact) mass is 207 g/mol. The van der Waals surface area contributed by atoms with Crippen molar-refractivity contribution in [2.45, 2.75) is 19.0 Å². The lowest BCUT2D eigenvalue weighted by Gasteiger charge is -2.14. The third kappa shape index (κ3) is 4.58. The van der Waals surface area contributed by atoms with Gasteiger partial charge in [-0.3, -0.25) is 4.79 Å². The fourth-order valence-electron chi connectivity index (χ4n) is 1.34. The average Bonchev–Trinajstić information content (AvgIpc) is 2.25. The lowest BCUT2D eigenvalue weighted by atomic mass is 10.1. The van der Waals surface area contributed by atoms with Crippen molar-refractivity contribution in [3.8, 4) is 0 Å². The van der Waals surface area contributed by atoms with Gasteiger partial charge in [-0.05, 0) is 5.56 Å². The number of hydrogen-bond acceptors (Lipinski definition) is 3. The van der Waals surface area contributed by atoms with Crippen LogP contribution in [0.25, 0.3) is 0 Å². The van der Waals surface area contributed by atoms with Crippen LogP contribution in [0.1, 0.15) is 12.0 Å². The van der Waals surface area contributed by atoms with Crippen LogP contribution in [-0.4, -0.2) is 18.5 Å². The highest BCUT2D eigenvalue weighted by molar-refractivity contribution is 5.74. The number of primary amides is 1. The lowest BCUT2D eigenvalue weighted by Crippen LogP contribution is -2.38. The highest BCUT2D eigenvalue weighted by Crippen LogP contribution is 1.99. The molecule has 0 heterocycles. The van der Waals surface area contributed by atoms with Crippen molar-refractivity contribution in [1.82, 2.24) is 5.32 Å². The van der Waals surface area contributed by atoms with Gasteiger partial charge in [-0.1, -0.05) is 30.3 Å². The van der Waals surface area contributed by atoms with Gasteiger partial charge in [-0.15, -0.1) is 0 Å². The van der Waals surface area contributed by atoms with E-state index in [-0.39, 0.29) is 18.4 Å². The maximum absolute atomic E-state index is 10.7. The molecule has 0 saturated heterocycles. The summed E-state index contributed by atoms with van der Waals surface area (Å²) in [5.41, 5.74) is 11.8. The van der Waals surface area contributed by atoms with Crippen LogP contribution in [-0.2, 0) is 11.3 Å². The molecular formula is C11H17N3O. The van der Waals surface area contributed by atoms with Crippen molar-refractivity contribution in [2.75, 3.05) is 6.54 Å². The Bertz CT molecular complexity index is 300. The zero-order valence-corrected chi connectivity index (χ0v) is 8.65.